The number of likely N-dealkylation sites (tertiary alicyclic amines) is 1. The zero-order valence-corrected chi connectivity index (χ0v) is 76.4. The summed E-state index contributed by atoms with van der Waals surface area (Å²) in [4.78, 5) is 236. The summed E-state index contributed by atoms with van der Waals surface area (Å²) in [7, 11) is 13.7. The standard InChI is InChI=1S/C79H143N17O28S/c1-61(2)57-124-58-63(97)60-125-59-62-44-67(101)96(79(62)113)21-17-65(99)83-20-15-13-14-16-66(100)87(25-35-115-4)48-73(107)88(26-36-116-5)49-68(102)84(22-18-80)46-72(106)92(30-40-120-9)53-76(110)94(32-42-122-11)55-78(112)95(33-43-123-12)56-77(111)93(31-41-121-10)54-74(108)89(27-37-117-6)50-69(103)85(23-19-81)47-71(105)91(29-39-119-8)52-75(109)90(28-38-118-7)51-70(104)86(24-34-114-3)45-64(82)98/h61-63,97H,13-60,80-81H2,1-12H3,(H2,82,98)(H,83,99). The first-order valence-electron chi connectivity index (χ1n) is 41.7. The number of ether oxygens (including phenoxy) is 11. The molecule has 0 aromatic carbocycles. The minimum Gasteiger partial charge on any atom is -0.390 e. The molecule has 1 aliphatic rings. The summed E-state index contributed by atoms with van der Waals surface area (Å²) < 4.78 is 58.1. The molecule has 46 heteroatoms. The Morgan fingerprint density at radius 1 is 0.384 bits per heavy atom. The summed E-state index contributed by atoms with van der Waals surface area (Å²) in [5.74, 6) is -9.86. The summed E-state index contributed by atoms with van der Waals surface area (Å²) >= 11 is 1.36. The van der Waals surface area contributed by atoms with Gasteiger partial charge < -0.3 is 139 Å². The van der Waals surface area contributed by atoms with Gasteiger partial charge in [-0.1, -0.05) is 20.3 Å². The first-order valence-corrected chi connectivity index (χ1v) is 42.8. The second-order valence-electron chi connectivity index (χ2n) is 29.6. The molecular formula is C79H143N17O28S. The molecule has 1 aliphatic heterocycles. The molecule has 1 fully saturated rings. The summed E-state index contributed by atoms with van der Waals surface area (Å²) in [6.07, 6.45) is 0.611. The first-order chi connectivity index (χ1) is 59.8. The topological polar surface area (TPSA) is 527 Å². The molecule has 1 rings (SSSR count). The number of nitrogens with one attached hydrogen (secondary N) is 1. The normalized spacial score (nSPS) is 12.7. The minimum atomic E-state index is -0.801. The molecule has 0 radical (unpaired) electrons. The van der Waals surface area contributed by atoms with Gasteiger partial charge in [-0.25, -0.2) is 0 Å². The van der Waals surface area contributed by atoms with E-state index in [-0.39, 0.29) is 220 Å². The molecule has 1 saturated heterocycles. The maximum absolute atomic E-state index is 14.6. The van der Waals surface area contributed by atoms with Gasteiger partial charge in [0.1, 0.15) is 0 Å². The van der Waals surface area contributed by atoms with Crippen molar-refractivity contribution in [2.24, 2.45) is 29.0 Å². The number of hydrogen-bond acceptors (Lipinski definition) is 31. The molecule has 16 amide bonds. The Morgan fingerprint density at radius 2 is 0.648 bits per heavy atom. The fraction of sp³-hybridized carbons (Fsp3) is 0.797. The van der Waals surface area contributed by atoms with Crippen molar-refractivity contribution >= 4 is 106 Å². The summed E-state index contributed by atoms with van der Waals surface area (Å²) in [6, 6.07) is 0. The van der Waals surface area contributed by atoms with Gasteiger partial charge in [-0.05, 0) is 18.8 Å². The molecule has 2 atom stereocenters. The molecular weight excluding hydrogens is 1670 g/mol. The Hall–Kier alpha value is -8.49. The van der Waals surface area contributed by atoms with Crippen molar-refractivity contribution in [2.75, 3.05) is 345 Å². The van der Waals surface area contributed by atoms with Gasteiger partial charge in [-0.15, -0.1) is 0 Å². The van der Waals surface area contributed by atoms with E-state index >= 15 is 0 Å². The molecule has 8 N–H and O–H groups in total. The van der Waals surface area contributed by atoms with Crippen molar-refractivity contribution < 1.29 is 134 Å². The van der Waals surface area contributed by atoms with Crippen LogP contribution in [0.15, 0.2) is 0 Å². The number of methoxy groups -OCH3 is 10. The number of hydrogen-bond donors (Lipinski definition) is 5. The van der Waals surface area contributed by atoms with Crippen LogP contribution in [0.3, 0.4) is 0 Å². The van der Waals surface area contributed by atoms with Crippen LogP contribution in [0, 0.1) is 11.8 Å². The highest BCUT2D eigenvalue weighted by atomic mass is 32.2. The van der Waals surface area contributed by atoms with Crippen molar-refractivity contribution in [1.82, 2.24) is 69.0 Å². The first kappa shape index (κ1) is 115. The maximum atomic E-state index is 14.6. The lowest BCUT2D eigenvalue weighted by atomic mass is 10.1. The molecule has 45 nitrogen and oxygen atoms in total. The Labute approximate surface area is 738 Å². The van der Waals surface area contributed by atoms with E-state index in [1.54, 1.807) is 0 Å². The van der Waals surface area contributed by atoms with E-state index in [9.17, 15) is 81.8 Å². The molecule has 0 saturated carbocycles. The van der Waals surface area contributed by atoms with Crippen LogP contribution in [0.25, 0.3) is 0 Å². The number of thioether (sulfide) groups is 1. The van der Waals surface area contributed by atoms with Crippen molar-refractivity contribution in [3.8, 4) is 0 Å². The number of amides is 16. The van der Waals surface area contributed by atoms with Crippen molar-refractivity contribution in [3.05, 3.63) is 0 Å². The van der Waals surface area contributed by atoms with Gasteiger partial charge in [-0.3, -0.25) is 81.6 Å². The molecule has 0 aromatic heterocycles. The third kappa shape index (κ3) is 48.3. The third-order valence-electron chi connectivity index (χ3n) is 19.3. The lowest BCUT2D eigenvalue weighted by Gasteiger charge is -2.33. The number of unbranched alkanes of at least 4 members (excludes halogenated alkanes) is 2. The van der Waals surface area contributed by atoms with Gasteiger partial charge in [0.15, 0.2) is 0 Å². The Morgan fingerprint density at radius 3 is 0.904 bits per heavy atom. The number of rotatable bonds is 75. The van der Waals surface area contributed by atoms with Crippen molar-refractivity contribution in [3.63, 3.8) is 0 Å². The molecule has 0 aliphatic carbocycles. The lowest BCUT2D eigenvalue weighted by molar-refractivity contribution is -0.150. The highest BCUT2D eigenvalue weighted by molar-refractivity contribution is 7.99. The Balaban J connectivity index is 3.34. The quantitative estimate of drug-likeness (QED) is 0.0279. The van der Waals surface area contributed by atoms with Crippen molar-refractivity contribution in [1.29, 1.82) is 0 Å². The van der Waals surface area contributed by atoms with Crippen LogP contribution >= 0.6 is 11.8 Å². The van der Waals surface area contributed by atoms with Crippen molar-refractivity contribution in [2.45, 2.75) is 58.5 Å². The van der Waals surface area contributed by atoms with E-state index < -0.39 is 161 Å². The molecule has 0 aromatic rings. The average molecular weight is 1810 g/mol. The smallest absolute Gasteiger partial charge is 0.242 e. The highest BCUT2D eigenvalue weighted by Crippen LogP contribution is 2.25. The highest BCUT2D eigenvalue weighted by Gasteiger charge is 2.39. The zero-order valence-electron chi connectivity index (χ0n) is 75.6. The van der Waals surface area contributed by atoms with Gasteiger partial charge in [0.2, 0.25) is 94.5 Å². The molecule has 0 spiro atoms. The van der Waals surface area contributed by atoms with Crippen LogP contribution in [-0.2, 0) is 129 Å². The maximum Gasteiger partial charge on any atom is 0.242 e. The third-order valence-corrected chi connectivity index (χ3v) is 20.6. The minimum absolute atomic E-state index is 0.0102. The number of nitrogens with zero attached hydrogens (tertiary/aromatic N) is 13. The van der Waals surface area contributed by atoms with E-state index in [1.807, 2.05) is 13.8 Å². The van der Waals surface area contributed by atoms with Gasteiger partial charge in [0.05, 0.1) is 163 Å². The Bertz CT molecular complexity index is 3250. The lowest BCUT2D eigenvalue weighted by Crippen LogP contribution is -2.54. The summed E-state index contributed by atoms with van der Waals surface area (Å²) in [5, 5.41) is 13.0. The van der Waals surface area contributed by atoms with Crippen LogP contribution in [0.4, 0.5) is 0 Å². The SMILES string of the molecule is COCCN(CC(N)=O)C(=O)CN(CCOC)C(=O)CN(CCOC)C(=O)CN(CCN)C(=O)CN(CCOC)C(=O)CN(CCOC)C(=O)CN(CCOC)C(=O)CN(CCOC)C(=O)CN(CCOC)C(=O)CN(CCN)C(=O)CN(CCOC)C(=O)CN(CCOC)C(=O)CCCCCNC(=O)CCN1C(=O)CC(CSCC(O)COCC(C)C)C1=O. The number of nitrogens with two attached hydrogens (primary N) is 3. The number of carbonyl (C=O) groups is 16. The van der Waals surface area contributed by atoms with Gasteiger partial charge in [0.25, 0.3) is 0 Å². The Kier molecular flexibility index (Phi) is 62.9. The monoisotopic (exact) mass is 1810 g/mol. The number of aliphatic hydroxyl groups is 1. The van der Waals surface area contributed by atoms with Crippen LogP contribution in [-0.4, -0.2) is 515 Å². The largest absolute Gasteiger partial charge is 0.390 e. The van der Waals surface area contributed by atoms with E-state index in [4.69, 9.17) is 69.3 Å². The second kappa shape index (κ2) is 68.7. The second-order valence-corrected chi connectivity index (χ2v) is 30.6. The van der Waals surface area contributed by atoms with Crippen LogP contribution in [0.2, 0.25) is 0 Å². The number of carbonyl (C=O) groups excluding carboxylic acids is 16. The van der Waals surface area contributed by atoms with E-state index in [1.165, 1.54) is 92.7 Å². The van der Waals surface area contributed by atoms with Gasteiger partial charge >= 0.3 is 0 Å². The van der Waals surface area contributed by atoms with Crippen LogP contribution < -0.4 is 22.5 Å². The van der Waals surface area contributed by atoms with Gasteiger partial charge in [-0.2, -0.15) is 11.8 Å². The zero-order chi connectivity index (χ0) is 93.6. The predicted molar refractivity (Wildman–Crippen MR) is 455 cm³/mol. The summed E-state index contributed by atoms with van der Waals surface area (Å²) in [5.41, 5.74) is 17.4. The number of imide groups is 1. The number of primary amides is 1. The fourth-order valence-corrected chi connectivity index (χ4v) is 13.2. The number of aliphatic hydroxyl groups excluding tert-OH is 1. The van der Waals surface area contributed by atoms with Gasteiger partial charge in [0, 0.05) is 213 Å². The van der Waals surface area contributed by atoms with Crippen LogP contribution in [0.1, 0.15) is 52.4 Å². The van der Waals surface area contributed by atoms with E-state index in [2.05, 4.69) is 5.32 Å². The molecule has 125 heavy (non-hydrogen) atoms. The molecule has 0 bridgehead atoms. The molecule has 1 heterocycles. The van der Waals surface area contributed by atoms with Crippen LogP contribution in [0.5, 0.6) is 0 Å². The molecule has 718 valence electrons. The average Bonchev–Trinajstić information content (AvgIpc) is 1.71. The predicted octanol–water partition coefficient (Wildman–Crippen LogP) is -7.00. The van der Waals surface area contributed by atoms with E-state index in [0.29, 0.717) is 43.3 Å². The van der Waals surface area contributed by atoms with E-state index in [0.717, 1.165) is 53.9 Å². The molecule has 2 unspecified atom stereocenters. The summed E-state index contributed by atoms with van der Waals surface area (Å²) in [6.45, 7) is -4.92. The fourth-order valence-electron chi connectivity index (χ4n) is 12.1.